The highest BCUT2D eigenvalue weighted by atomic mass is 19.2. The molecule has 1 fully saturated rings. The first kappa shape index (κ1) is 8.95. The van der Waals surface area contributed by atoms with Gasteiger partial charge >= 0.3 is 6.54 Å². The monoisotopic (exact) mass is 210 g/mol. The van der Waals surface area contributed by atoms with Gasteiger partial charge in [0.15, 0.2) is 5.76 Å². The Morgan fingerprint density at radius 3 is 2.93 bits per heavy atom. The Morgan fingerprint density at radius 2 is 2.27 bits per heavy atom. The molecular formula is C11H11FO3. The van der Waals surface area contributed by atoms with E-state index in [2.05, 4.69) is 0 Å². The molecule has 0 bridgehead atoms. The normalized spacial score (nSPS) is 35.5. The molecule has 15 heavy (non-hydrogen) atoms. The van der Waals surface area contributed by atoms with Crippen molar-refractivity contribution in [3.05, 3.63) is 23.7 Å². The molecule has 0 spiro atoms. The third-order valence-electron chi connectivity index (χ3n) is 3.42. The van der Waals surface area contributed by atoms with E-state index in [4.69, 9.17) is 9.47 Å². The Balaban J connectivity index is 1.79. The standard InChI is InChI=1S/C11H11FO3/c12-10-14-8-2-1-7(5-9(8)15-10)11(6-13)3-4-11/h1-2,6-7,10H,3-5H2. The maximum atomic E-state index is 12.8. The first-order valence-electron chi connectivity index (χ1n) is 5.09. The molecule has 0 radical (unpaired) electrons. The fourth-order valence-corrected chi connectivity index (χ4v) is 2.23. The topological polar surface area (TPSA) is 35.5 Å². The molecule has 4 heteroatoms. The van der Waals surface area contributed by atoms with Crippen LogP contribution in [0.4, 0.5) is 4.39 Å². The van der Waals surface area contributed by atoms with Crippen molar-refractivity contribution in [2.24, 2.45) is 11.3 Å². The number of hydrogen-bond acceptors (Lipinski definition) is 3. The summed E-state index contributed by atoms with van der Waals surface area (Å²) in [7, 11) is 0. The highest BCUT2D eigenvalue weighted by molar-refractivity contribution is 5.65. The third-order valence-corrected chi connectivity index (χ3v) is 3.42. The van der Waals surface area contributed by atoms with Crippen LogP contribution in [0.2, 0.25) is 0 Å². The maximum absolute atomic E-state index is 12.8. The van der Waals surface area contributed by atoms with Crippen LogP contribution < -0.4 is 0 Å². The number of aldehydes is 1. The molecule has 3 nitrogen and oxygen atoms in total. The number of alkyl halides is 1. The second-order valence-electron chi connectivity index (χ2n) is 4.32. The molecular weight excluding hydrogens is 199 g/mol. The molecule has 1 heterocycles. The van der Waals surface area contributed by atoms with Gasteiger partial charge in [0.05, 0.1) is 0 Å². The summed E-state index contributed by atoms with van der Waals surface area (Å²) in [5.41, 5.74) is -0.215. The first-order chi connectivity index (χ1) is 7.23. The molecule has 1 aliphatic heterocycles. The lowest BCUT2D eigenvalue weighted by Crippen LogP contribution is -2.18. The van der Waals surface area contributed by atoms with Gasteiger partial charge in [0.2, 0.25) is 0 Å². The van der Waals surface area contributed by atoms with Crippen LogP contribution in [-0.4, -0.2) is 12.8 Å². The van der Waals surface area contributed by atoms with Gasteiger partial charge in [-0.3, -0.25) is 0 Å². The molecule has 80 valence electrons. The fourth-order valence-electron chi connectivity index (χ4n) is 2.23. The Bertz CT molecular complexity index is 368. The van der Waals surface area contributed by atoms with Crippen LogP contribution in [0.25, 0.3) is 0 Å². The Labute approximate surface area is 86.5 Å². The number of halogens is 1. The van der Waals surface area contributed by atoms with Gasteiger partial charge in [0, 0.05) is 11.8 Å². The predicted molar refractivity (Wildman–Crippen MR) is 49.1 cm³/mol. The number of carbonyl (C=O) groups is 1. The zero-order chi connectivity index (χ0) is 10.5. The smallest absolute Gasteiger partial charge is 0.396 e. The second kappa shape index (κ2) is 2.84. The number of carbonyl (C=O) groups excluding carboxylic acids is 1. The molecule has 2 aliphatic carbocycles. The molecule has 0 N–H and O–H groups in total. The van der Waals surface area contributed by atoms with Crippen molar-refractivity contribution in [3.63, 3.8) is 0 Å². The van der Waals surface area contributed by atoms with E-state index in [1.165, 1.54) is 0 Å². The van der Waals surface area contributed by atoms with Gasteiger partial charge in [-0.15, -0.1) is 0 Å². The van der Waals surface area contributed by atoms with E-state index in [0.717, 1.165) is 19.1 Å². The fraction of sp³-hybridized carbons (Fsp3) is 0.545. The zero-order valence-electron chi connectivity index (χ0n) is 8.11. The lowest BCUT2D eigenvalue weighted by Gasteiger charge is -2.21. The molecule has 3 rings (SSSR count). The number of ether oxygens (including phenoxy) is 2. The van der Waals surface area contributed by atoms with Crippen molar-refractivity contribution in [1.29, 1.82) is 0 Å². The van der Waals surface area contributed by atoms with Gasteiger partial charge in [0.1, 0.15) is 12.0 Å². The summed E-state index contributed by atoms with van der Waals surface area (Å²) in [6.45, 7) is -1.68. The predicted octanol–water partition coefficient (Wildman–Crippen LogP) is 2.05. The number of hydrogen-bond donors (Lipinski definition) is 0. The summed E-state index contributed by atoms with van der Waals surface area (Å²) in [5.74, 6) is 1.16. The first-order valence-corrected chi connectivity index (χ1v) is 5.09. The van der Waals surface area contributed by atoms with Crippen LogP contribution in [0.5, 0.6) is 0 Å². The Hall–Kier alpha value is -1.32. The molecule has 0 aromatic carbocycles. The zero-order valence-corrected chi connectivity index (χ0v) is 8.11. The largest absolute Gasteiger partial charge is 0.429 e. The summed E-state index contributed by atoms with van der Waals surface area (Å²) in [5, 5.41) is 0. The minimum atomic E-state index is -1.68. The Morgan fingerprint density at radius 1 is 1.47 bits per heavy atom. The summed E-state index contributed by atoms with van der Waals surface area (Å²) in [4.78, 5) is 10.9. The van der Waals surface area contributed by atoms with Crippen molar-refractivity contribution in [1.82, 2.24) is 0 Å². The van der Waals surface area contributed by atoms with Crippen LogP contribution in [0.3, 0.4) is 0 Å². The molecule has 0 aromatic heterocycles. The highest BCUT2D eigenvalue weighted by Gasteiger charge is 2.50. The van der Waals surface area contributed by atoms with Gasteiger partial charge in [-0.1, -0.05) is 6.08 Å². The molecule has 3 aliphatic rings. The van der Waals surface area contributed by atoms with Crippen molar-refractivity contribution < 1.29 is 18.7 Å². The molecule has 2 atom stereocenters. The molecule has 0 aromatic rings. The number of allylic oxidation sites excluding steroid dienone is 3. The SMILES string of the molecule is O=CC1(C2C=CC3=C(C2)OC(F)O3)CC1. The van der Waals surface area contributed by atoms with E-state index >= 15 is 0 Å². The van der Waals surface area contributed by atoms with Crippen LogP contribution in [0, 0.1) is 11.3 Å². The van der Waals surface area contributed by atoms with E-state index in [1.807, 2.05) is 6.08 Å². The van der Waals surface area contributed by atoms with Crippen molar-refractivity contribution in [2.45, 2.75) is 25.8 Å². The van der Waals surface area contributed by atoms with Crippen LogP contribution in [-0.2, 0) is 14.3 Å². The van der Waals surface area contributed by atoms with Crippen LogP contribution >= 0.6 is 0 Å². The van der Waals surface area contributed by atoms with Gasteiger partial charge in [-0.05, 0) is 24.8 Å². The molecule has 0 saturated heterocycles. The minimum Gasteiger partial charge on any atom is -0.429 e. The van der Waals surface area contributed by atoms with Gasteiger partial charge < -0.3 is 14.3 Å². The van der Waals surface area contributed by atoms with Gasteiger partial charge in [-0.25, -0.2) is 0 Å². The average Bonchev–Trinajstić information content (AvgIpc) is 2.94. The molecule has 0 amide bonds. The van der Waals surface area contributed by atoms with E-state index in [1.54, 1.807) is 6.08 Å². The van der Waals surface area contributed by atoms with Gasteiger partial charge in [0.25, 0.3) is 0 Å². The van der Waals surface area contributed by atoms with Crippen LogP contribution in [0.1, 0.15) is 19.3 Å². The van der Waals surface area contributed by atoms with E-state index in [-0.39, 0.29) is 11.3 Å². The van der Waals surface area contributed by atoms with Crippen molar-refractivity contribution in [3.8, 4) is 0 Å². The maximum Gasteiger partial charge on any atom is 0.396 e. The van der Waals surface area contributed by atoms with Gasteiger partial charge in [-0.2, -0.15) is 4.39 Å². The van der Waals surface area contributed by atoms with E-state index in [9.17, 15) is 9.18 Å². The van der Waals surface area contributed by atoms with Crippen molar-refractivity contribution in [2.75, 3.05) is 0 Å². The minimum absolute atomic E-state index is 0.141. The van der Waals surface area contributed by atoms with E-state index in [0.29, 0.717) is 17.9 Å². The molecule has 1 saturated carbocycles. The highest BCUT2D eigenvalue weighted by Crippen LogP contribution is 2.54. The van der Waals surface area contributed by atoms with Crippen molar-refractivity contribution >= 4 is 6.29 Å². The van der Waals surface area contributed by atoms with E-state index < -0.39 is 6.54 Å². The summed E-state index contributed by atoms with van der Waals surface area (Å²) in [6, 6.07) is 0. The Kier molecular flexibility index (Phi) is 1.69. The summed E-state index contributed by atoms with van der Waals surface area (Å²) >= 11 is 0. The quantitative estimate of drug-likeness (QED) is 0.654. The third kappa shape index (κ3) is 1.28. The lowest BCUT2D eigenvalue weighted by molar-refractivity contribution is -0.135. The number of rotatable bonds is 2. The summed E-state index contributed by atoms with van der Waals surface area (Å²) < 4.78 is 22.4. The average molecular weight is 210 g/mol. The molecule has 2 unspecified atom stereocenters. The summed E-state index contributed by atoms with van der Waals surface area (Å²) in [6.07, 6.45) is 7.09. The lowest BCUT2D eigenvalue weighted by atomic mass is 9.84. The van der Waals surface area contributed by atoms with Crippen LogP contribution in [0.15, 0.2) is 23.7 Å². The second-order valence-corrected chi connectivity index (χ2v) is 4.32.